The van der Waals surface area contributed by atoms with Gasteiger partial charge in [0.15, 0.2) is 17.3 Å². The van der Waals surface area contributed by atoms with E-state index in [-0.39, 0.29) is 5.82 Å². The molecule has 5 nitrogen and oxygen atoms in total. The number of imidazole rings is 1. The van der Waals surface area contributed by atoms with E-state index in [0.29, 0.717) is 33.5 Å². The minimum Gasteiger partial charge on any atom is -0.440 e. The van der Waals surface area contributed by atoms with E-state index in [4.69, 9.17) is 4.42 Å². The molecule has 0 radical (unpaired) electrons. The summed E-state index contributed by atoms with van der Waals surface area (Å²) in [4.78, 5) is 9.09. The molecule has 0 aliphatic heterocycles. The Labute approximate surface area is 220 Å². The van der Waals surface area contributed by atoms with Crippen LogP contribution < -0.4 is 0 Å². The fourth-order valence-electron chi connectivity index (χ4n) is 4.33. The molecule has 0 aliphatic rings. The van der Waals surface area contributed by atoms with Crippen molar-refractivity contribution in [1.82, 2.24) is 14.5 Å². The Kier molecular flexibility index (Phi) is 6.56. The lowest BCUT2D eigenvalue weighted by molar-refractivity contribution is -0.141. The van der Waals surface area contributed by atoms with Gasteiger partial charge in [0, 0.05) is 46.2 Å². The topological polar surface area (TPSA) is 60.9 Å². The monoisotopic (exact) mass is 535 g/mol. The second-order valence-electron chi connectivity index (χ2n) is 9.03. The first-order valence-corrected chi connectivity index (χ1v) is 13.3. The lowest BCUT2D eigenvalue weighted by Gasteiger charge is -2.14. The van der Waals surface area contributed by atoms with Crippen molar-refractivity contribution in [2.75, 3.05) is 6.26 Å². The average molecular weight is 536 g/mol. The van der Waals surface area contributed by atoms with Crippen molar-refractivity contribution in [3.05, 3.63) is 95.9 Å². The van der Waals surface area contributed by atoms with Crippen molar-refractivity contribution >= 4 is 10.8 Å². The summed E-state index contributed by atoms with van der Waals surface area (Å²) in [5.41, 5.74) is 4.07. The quantitative estimate of drug-likeness (QED) is 0.233. The summed E-state index contributed by atoms with van der Waals surface area (Å²) in [6.45, 7) is 5.24. The highest BCUT2D eigenvalue weighted by Gasteiger charge is 2.35. The number of aromatic nitrogens is 3. The van der Waals surface area contributed by atoms with Crippen LogP contribution in [0.15, 0.2) is 82.2 Å². The molecule has 5 aromatic rings. The Morgan fingerprint density at radius 1 is 0.868 bits per heavy atom. The summed E-state index contributed by atoms with van der Waals surface area (Å²) in [6, 6.07) is 20.6. The first-order chi connectivity index (χ1) is 18.0. The van der Waals surface area contributed by atoms with Crippen LogP contribution in [-0.2, 0) is 17.0 Å². The molecular weight excluding hydrogens is 511 g/mol. The molecule has 0 saturated heterocycles. The Morgan fingerprint density at radius 3 is 2.21 bits per heavy atom. The van der Waals surface area contributed by atoms with Crippen molar-refractivity contribution in [3.8, 4) is 39.4 Å². The van der Waals surface area contributed by atoms with Gasteiger partial charge in [-0.15, -0.1) is 0 Å². The van der Waals surface area contributed by atoms with Crippen molar-refractivity contribution in [2.24, 2.45) is 0 Å². The van der Waals surface area contributed by atoms with Gasteiger partial charge < -0.3 is 8.98 Å². The molecule has 9 heteroatoms. The van der Waals surface area contributed by atoms with Gasteiger partial charge in [-0.3, -0.25) is 4.21 Å². The highest BCUT2D eigenvalue weighted by atomic mass is 32.2. The van der Waals surface area contributed by atoms with Crippen LogP contribution >= 0.6 is 0 Å². The van der Waals surface area contributed by atoms with E-state index in [1.807, 2.05) is 61.5 Å². The Hall–Kier alpha value is -3.98. The van der Waals surface area contributed by atoms with Gasteiger partial charge in [-0.25, -0.2) is 9.97 Å². The van der Waals surface area contributed by atoms with Gasteiger partial charge in [0.1, 0.15) is 11.5 Å². The molecule has 2 heterocycles. The van der Waals surface area contributed by atoms with Gasteiger partial charge in [-0.1, -0.05) is 48.0 Å². The molecule has 1 unspecified atom stereocenters. The summed E-state index contributed by atoms with van der Waals surface area (Å²) >= 11 is 0. The largest absolute Gasteiger partial charge is 0.440 e. The highest BCUT2D eigenvalue weighted by Crippen LogP contribution is 2.39. The molecule has 0 N–H and O–H groups in total. The molecule has 0 saturated carbocycles. The Balaban J connectivity index is 1.77. The minimum absolute atomic E-state index is 0.187. The van der Waals surface area contributed by atoms with Gasteiger partial charge in [0.25, 0.3) is 0 Å². The fourth-order valence-corrected chi connectivity index (χ4v) is 4.90. The van der Waals surface area contributed by atoms with Crippen LogP contribution in [0.1, 0.15) is 23.0 Å². The first kappa shape index (κ1) is 25.7. The molecule has 194 valence electrons. The molecule has 0 aliphatic carbocycles. The van der Waals surface area contributed by atoms with Crippen LogP contribution in [0.4, 0.5) is 13.2 Å². The van der Waals surface area contributed by atoms with Crippen LogP contribution in [-0.4, -0.2) is 25.0 Å². The summed E-state index contributed by atoms with van der Waals surface area (Å²) in [5.74, 6) is 1.12. The van der Waals surface area contributed by atoms with Crippen LogP contribution in [0, 0.1) is 20.8 Å². The molecule has 0 fully saturated rings. The standard InChI is InChI=1S/C29H24F3N3O2S/c1-17-8-10-20(11-9-17)28-27(34-19(3)37-28)24-15-22(21-6-5-7-23(14-21)38(4)36)12-13-25(24)35-16-26(29(30,31)32)33-18(35)2/h5-16H,1-4H3. The van der Waals surface area contributed by atoms with Crippen molar-refractivity contribution in [1.29, 1.82) is 0 Å². The number of benzene rings is 3. The van der Waals surface area contributed by atoms with Gasteiger partial charge in [-0.2, -0.15) is 13.2 Å². The zero-order chi connectivity index (χ0) is 27.2. The number of aryl methyl sites for hydroxylation is 3. The number of hydrogen-bond acceptors (Lipinski definition) is 4. The Bertz CT molecular complexity index is 1670. The summed E-state index contributed by atoms with van der Waals surface area (Å²) < 4.78 is 60.0. The SMILES string of the molecule is Cc1ccc(-c2oc(C)nc2-c2cc(-c3cccc(S(C)=O)c3)ccc2-n2cc(C(F)(F)F)nc2C)cc1. The summed E-state index contributed by atoms with van der Waals surface area (Å²) in [5, 5.41) is 0. The van der Waals surface area contributed by atoms with Gasteiger partial charge in [0.05, 0.1) is 5.69 Å². The number of rotatable bonds is 5. The second-order valence-corrected chi connectivity index (χ2v) is 10.4. The van der Waals surface area contributed by atoms with Gasteiger partial charge >= 0.3 is 6.18 Å². The molecule has 38 heavy (non-hydrogen) atoms. The maximum Gasteiger partial charge on any atom is 0.434 e. The van der Waals surface area contributed by atoms with Gasteiger partial charge in [-0.05, 0) is 49.2 Å². The smallest absolute Gasteiger partial charge is 0.434 e. The van der Waals surface area contributed by atoms with Crippen LogP contribution in [0.25, 0.3) is 39.4 Å². The summed E-state index contributed by atoms with van der Waals surface area (Å²) in [7, 11) is -1.17. The van der Waals surface area contributed by atoms with E-state index in [1.54, 1.807) is 25.3 Å². The fraction of sp³-hybridized carbons (Fsp3) is 0.172. The molecule has 1 atom stereocenters. The molecule has 5 rings (SSSR count). The zero-order valence-corrected chi connectivity index (χ0v) is 21.9. The predicted octanol–water partition coefficient (Wildman–Crippen LogP) is 7.54. The van der Waals surface area contributed by atoms with Crippen LogP contribution in [0.5, 0.6) is 0 Å². The number of halogens is 3. The molecule has 2 aromatic heterocycles. The Morgan fingerprint density at radius 2 is 1.55 bits per heavy atom. The molecular formula is C29H24F3N3O2S. The number of oxazole rings is 1. The van der Waals surface area contributed by atoms with Gasteiger partial charge in [0.2, 0.25) is 0 Å². The first-order valence-electron chi connectivity index (χ1n) is 11.8. The second kappa shape index (κ2) is 9.72. The van der Waals surface area contributed by atoms with E-state index in [9.17, 15) is 17.4 Å². The minimum atomic E-state index is -4.58. The molecule has 0 spiro atoms. The number of alkyl halides is 3. The maximum absolute atomic E-state index is 13.5. The van der Waals surface area contributed by atoms with E-state index < -0.39 is 22.7 Å². The lowest BCUT2D eigenvalue weighted by Crippen LogP contribution is -2.05. The average Bonchev–Trinajstić information content (AvgIpc) is 3.47. The number of nitrogens with zero attached hydrogens (tertiary/aromatic N) is 3. The third kappa shape index (κ3) is 4.93. The van der Waals surface area contributed by atoms with E-state index in [2.05, 4.69) is 9.97 Å². The van der Waals surface area contributed by atoms with Crippen molar-refractivity contribution < 1.29 is 21.8 Å². The van der Waals surface area contributed by atoms with E-state index in [0.717, 1.165) is 28.5 Å². The third-order valence-electron chi connectivity index (χ3n) is 6.23. The van der Waals surface area contributed by atoms with Crippen LogP contribution in [0.3, 0.4) is 0 Å². The lowest BCUT2D eigenvalue weighted by atomic mass is 9.97. The van der Waals surface area contributed by atoms with Crippen molar-refractivity contribution in [3.63, 3.8) is 0 Å². The number of hydrogen-bond donors (Lipinski definition) is 0. The molecule has 0 amide bonds. The van der Waals surface area contributed by atoms with Crippen molar-refractivity contribution in [2.45, 2.75) is 31.8 Å². The summed E-state index contributed by atoms with van der Waals surface area (Å²) in [6.07, 6.45) is -1.98. The predicted molar refractivity (Wildman–Crippen MR) is 141 cm³/mol. The van der Waals surface area contributed by atoms with Crippen LogP contribution in [0.2, 0.25) is 0 Å². The van der Waals surface area contributed by atoms with E-state index >= 15 is 0 Å². The normalized spacial score (nSPS) is 12.6. The maximum atomic E-state index is 13.5. The highest BCUT2D eigenvalue weighted by molar-refractivity contribution is 7.84. The molecule has 3 aromatic carbocycles. The third-order valence-corrected chi connectivity index (χ3v) is 7.15. The molecule has 0 bridgehead atoms. The zero-order valence-electron chi connectivity index (χ0n) is 21.1. The van der Waals surface area contributed by atoms with E-state index in [1.165, 1.54) is 11.5 Å².